The van der Waals surface area contributed by atoms with Gasteiger partial charge in [-0.3, -0.25) is 4.98 Å². The van der Waals surface area contributed by atoms with Gasteiger partial charge in [0.05, 0.1) is 5.56 Å². The summed E-state index contributed by atoms with van der Waals surface area (Å²) in [6, 6.07) is 3.60. The van der Waals surface area contributed by atoms with Gasteiger partial charge in [-0.25, -0.2) is 0 Å². The summed E-state index contributed by atoms with van der Waals surface area (Å²) in [5.74, 6) is -0.108. The molecular weight excluding hydrogens is 156 g/mol. The summed E-state index contributed by atoms with van der Waals surface area (Å²) in [6.07, 6.45) is 4.67. The van der Waals surface area contributed by atoms with Crippen molar-refractivity contribution >= 4 is 0 Å². The predicted molar refractivity (Wildman–Crippen MR) is 41.4 cm³/mol. The van der Waals surface area contributed by atoms with Gasteiger partial charge in [0.1, 0.15) is 6.26 Å². The lowest BCUT2D eigenvalue weighted by molar-refractivity contribution is 0.359. The van der Waals surface area contributed by atoms with Gasteiger partial charge in [0.25, 0.3) is 5.88 Å². The number of aromatic hydroxyl groups is 1. The minimum Gasteiger partial charge on any atom is -0.491 e. The van der Waals surface area contributed by atoms with Crippen LogP contribution in [0.15, 0.2) is 35.3 Å². The van der Waals surface area contributed by atoms with Crippen LogP contribution in [0.25, 0.3) is 11.1 Å². The maximum absolute atomic E-state index is 9.17. The third-order valence-electron chi connectivity index (χ3n) is 1.52. The van der Waals surface area contributed by atoms with Gasteiger partial charge < -0.3 is 9.63 Å². The van der Waals surface area contributed by atoms with Crippen molar-refractivity contribution in [3.8, 4) is 17.0 Å². The highest BCUT2D eigenvalue weighted by Crippen LogP contribution is 2.26. The van der Waals surface area contributed by atoms with Crippen molar-refractivity contribution < 1.29 is 9.63 Å². The quantitative estimate of drug-likeness (QED) is 0.689. The number of rotatable bonds is 1. The Bertz CT molecular complexity index is 370. The first-order valence-electron chi connectivity index (χ1n) is 3.41. The van der Waals surface area contributed by atoms with E-state index in [1.807, 2.05) is 6.07 Å². The molecule has 2 aromatic rings. The Hall–Kier alpha value is -1.84. The molecule has 0 aliphatic carbocycles. The molecule has 0 aromatic carbocycles. The molecule has 0 amide bonds. The van der Waals surface area contributed by atoms with Gasteiger partial charge in [-0.2, -0.15) is 0 Å². The Morgan fingerprint density at radius 3 is 2.92 bits per heavy atom. The normalized spacial score (nSPS) is 10.0. The first-order valence-corrected chi connectivity index (χ1v) is 3.41. The zero-order chi connectivity index (χ0) is 8.39. The van der Waals surface area contributed by atoms with Crippen molar-refractivity contribution in [2.24, 2.45) is 0 Å². The minimum atomic E-state index is -0.108. The lowest BCUT2D eigenvalue weighted by Gasteiger charge is -1.93. The number of pyridine rings is 1. The Kier molecular flexibility index (Phi) is 1.51. The van der Waals surface area contributed by atoms with Crippen molar-refractivity contribution in [2.45, 2.75) is 0 Å². The zero-order valence-electron chi connectivity index (χ0n) is 6.14. The van der Waals surface area contributed by atoms with Gasteiger partial charge in [-0.1, -0.05) is 6.07 Å². The number of nitrogens with zero attached hydrogens (tertiary/aromatic N) is 2. The van der Waals surface area contributed by atoms with Crippen molar-refractivity contribution in [2.75, 3.05) is 0 Å². The Morgan fingerprint density at radius 2 is 2.33 bits per heavy atom. The lowest BCUT2D eigenvalue weighted by atomic mass is 10.2. The van der Waals surface area contributed by atoms with Crippen LogP contribution >= 0.6 is 0 Å². The monoisotopic (exact) mass is 162 g/mol. The van der Waals surface area contributed by atoms with Crippen LogP contribution in [0, 0.1) is 0 Å². The molecule has 0 atom stereocenters. The summed E-state index contributed by atoms with van der Waals surface area (Å²) in [5.41, 5.74) is 1.35. The molecule has 0 spiro atoms. The fourth-order valence-corrected chi connectivity index (χ4v) is 0.950. The molecule has 0 radical (unpaired) electrons. The van der Waals surface area contributed by atoms with Gasteiger partial charge in [0, 0.05) is 18.0 Å². The molecular formula is C8H6N2O2. The molecule has 0 bridgehead atoms. The second-order valence-corrected chi connectivity index (χ2v) is 2.29. The highest BCUT2D eigenvalue weighted by molar-refractivity contribution is 5.65. The summed E-state index contributed by atoms with van der Waals surface area (Å²) in [6.45, 7) is 0. The van der Waals surface area contributed by atoms with E-state index in [4.69, 9.17) is 0 Å². The molecule has 4 nitrogen and oxygen atoms in total. The minimum absolute atomic E-state index is 0.108. The van der Waals surface area contributed by atoms with Crippen LogP contribution in [0.4, 0.5) is 0 Å². The molecule has 0 aliphatic rings. The molecule has 1 N–H and O–H groups in total. The topological polar surface area (TPSA) is 59.2 Å². The van der Waals surface area contributed by atoms with E-state index < -0.39 is 0 Å². The molecule has 2 rings (SSSR count). The molecule has 4 heteroatoms. The highest BCUT2D eigenvalue weighted by atomic mass is 16.5. The van der Waals surface area contributed by atoms with Crippen molar-refractivity contribution in [3.05, 3.63) is 30.8 Å². The summed E-state index contributed by atoms with van der Waals surface area (Å²) in [5, 5.41) is 12.5. The van der Waals surface area contributed by atoms with E-state index in [1.54, 1.807) is 18.5 Å². The van der Waals surface area contributed by atoms with Crippen LogP contribution in [0.5, 0.6) is 5.88 Å². The third-order valence-corrected chi connectivity index (χ3v) is 1.52. The summed E-state index contributed by atoms with van der Waals surface area (Å²) >= 11 is 0. The molecule has 0 aliphatic heterocycles. The van der Waals surface area contributed by atoms with E-state index in [2.05, 4.69) is 14.7 Å². The smallest absolute Gasteiger partial charge is 0.259 e. The van der Waals surface area contributed by atoms with Gasteiger partial charge >= 0.3 is 0 Å². The molecule has 0 saturated carbocycles. The second-order valence-electron chi connectivity index (χ2n) is 2.29. The maximum atomic E-state index is 9.17. The zero-order valence-corrected chi connectivity index (χ0v) is 6.14. The summed E-state index contributed by atoms with van der Waals surface area (Å²) in [4.78, 5) is 3.90. The Morgan fingerprint density at radius 1 is 1.42 bits per heavy atom. The SMILES string of the molecule is Oc1nocc1-c1cccnc1. The molecule has 0 saturated heterocycles. The van der Waals surface area contributed by atoms with E-state index in [1.165, 1.54) is 6.26 Å². The fourth-order valence-electron chi connectivity index (χ4n) is 0.950. The van der Waals surface area contributed by atoms with Gasteiger partial charge in [-0.15, -0.1) is 0 Å². The van der Waals surface area contributed by atoms with Crippen molar-refractivity contribution in [3.63, 3.8) is 0 Å². The Balaban J connectivity index is 2.51. The predicted octanol–water partition coefficient (Wildman–Crippen LogP) is 1.44. The van der Waals surface area contributed by atoms with E-state index in [0.29, 0.717) is 5.56 Å². The van der Waals surface area contributed by atoms with Gasteiger partial charge in [0.2, 0.25) is 0 Å². The lowest BCUT2D eigenvalue weighted by Crippen LogP contribution is -1.75. The average Bonchev–Trinajstić information content (AvgIpc) is 2.53. The third kappa shape index (κ3) is 1.03. The summed E-state index contributed by atoms with van der Waals surface area (Å²) in [7, 11) is 0. The van der Waals surface area contributed by atoms with Crippen LogP contribution in [0.1, 0.15) is 0 Å². The molecule has 0 unspecified atom stereocenters. The van der Waals surface area contributed by atoms with E-state index in [9.17, 15) is 5.11 Å². The fraction of sp³-hybridized carbons (Fsp3) is 0. The molecule has 2 aromatic heterocycles. The Labute approximate surface area is 68.5 Å². The van der Waals surface area contributed by atoms with Crippen LogP contribution < -0.4 is 0 Å². The largest absolute Gasteiger partial charge is 0.491 e. The first-order chi connectivity index (χ1) is 5.88. The summed E-state index contributed by atoms with van der Waals surface area (Å²) < 4.78 is 4.57. The van der Waals surface area contributed by atoms with E-state index >= 15 is 0 Å². The van der Waals surface area contributed by atoms with Crippen LogP contribution in [-0.4, -0.2) is 15.2 Å². The van der Waals surface area contributed by atoms with Gasteiger partial charge in [-0.05, 0) is 11.2 Å². The van der Waals surface area contributed by atoms with Crippen LogP contribution in [0.3, 0.4) is 0 Å². The van der Waals surface area contributed by atoms with Crippen molar-refractivity contribution in [1.82, 2.24) is 10.1 Å². The van der Waals surface area contributed by atoms with Gasteiger partial charge in [0.15, 0.2) is 0 Å². The highest BCUT2D eigenvalue weighted by Gasteiger charge is 2.07. The van der Waals surface area contributed by atoms with Crippen LogP contribution in [-0.2, 0) is 0 Å². The maximum Gasteiger partial charge on any atom is 0.259 e. The number of hydrogen-bond acceptors (Lipinski definition) is 4. The number of hydrogen-bond donors (Lipinski definition) is 1. The van der Waals surface area contributed by atoms with Crippen molar-refractivity contribution in [1.29, 1.82) is 0 Å². The number of aromatic nitrogens is 2. The second kappa shape index (κ2) is 2.65. The standard InChI is InChI=1S/C8H6N2O2/c11-8-7(5-12-10-8)6-2-1-3-9-4-6/h1-5H,(H,10,11). The molecule has 60 valence electrons. The van der Waals surface area contributed by atoms with Crippen LogP contribution in [0.2, 0.25) is 0 Å². The average molecular weight is 162 g/mol. The first kappa shape index (κ1) is 6.84. The van der Waals surface area contributed by atoms with E-state index in [0.717, 1.165) is 5.56 Å². The molecule has 0 fully saturated rings. The molecule has 2 heterocycles. The molecule has 12 heavy (non-hydrogen) atoms. The van der Waals surface area contributed by atoms with E-state index in [-0.39, 0.29) is 5.88 Å².